The van der Waals surface area contributed by atoms with Gasteiger partial charge in [0.1, 0.15) is 0 Å². The summed E-state index contributed by atoms with van der Waals surface area (Å²) in [6, 6.07) is 0. The van der Waals surface area contributed by atoms with E-state index in [1.807, 2.05) is 4.90 Å². The molecule has 2 aliphatic rings. The van der Waals surface area contributed by atoms with E-state index in [-0.39, 0.29) is 11.3 Å². The maximum atomic E-state index is 12.7. The molecule has 2 N–H and O–H groups in total. The van der Waals surface area contributed by atoms with E-state index in [0.29, 0.717) is 6.54 Å². The molecule has 19 heavy (non-hydrogen) atoms. The van der Waals surface area contributed by atoms with Gasteiger partial charge in [-0.3, -0.25) is 9.69 Å². The average Bonchev–Trinajstić information content (AvgIpc) is 3.26. The topological polar surface area (TPSA) is 49.6 Å². The summed E-state index contributed by atoms with van der Waals surface area (Å²) < 4.78 is 0. The van der Waals surface area contributed by atoms with Crippen LogP contribution in [0.3, 0.4) is 0 Å². The maximum Gasteiger partial charge on any atom is 0.230 e. The molecule has 4 nitrogen and oxygen atoms in total. The Hall–Kier alpha value is -0.610. The summed E-state index contributed by atoms with van der Waals surface area (Å²) in [4.78, 5) is 17.2. The predicted octanol–water partition coefficient (Wildman–Crippen LogP) is 1.31. The lowest BCUT2D eigenvalue weighted by atomic mass is 9.81. The fourth-order valence-corrected chi connectivity index (χ4v) is 3.06. The first-order chi connectivity index (χ1) is 9.15. The van der Waals surface area contributed by atoms with Crippen molar-refractivity contribution in [3.8, 4) is 0 Å². The molecule has 0 radical (unpaired) electrons. The highest BCUT2D eigenvalue weighted by atomic mass is 16.2. The molecule has 0 aromatic heterocycles. The number of hydrogen-bond acceptors (Lipinski definition) is 3. The second kappa shape index (κ2) is 6.23. The summed E-state index contributed by atoms with van der Waals surface area (Å²) >= 11 is 0. The Balaban J connectivity index is 1.86. The van der Waals surface area contributed by atoms with E-state index in [0.717, 1.165) is 44.9 Å². The molecule has 0 spiro atoms. The molecular weight excluding hydrogens is 238 g/mol. The van der Waals surface area contributed by atoms with E-state index in [9.17, 15) is 4.79 Å². The molecule has 1 aliphatic carbocycles. The molecule has 0 atom stereocenters. The van der Waals surface area contributed by atoms with Crippen molar-refractivity contribution in [1.82, 2.24) is 9.80 Å². The van der Waals surface area contributed by atoms with E-state index in [2.05, 4.69) is 18.7 Å². The molecule has 1 heterocycles. The van der Waals surface area contributed by atoms with E-state index >= 15 is 0 Å². The molecule has 1 saturated heterocycles. The molecule has 2 fully saturated rings. The lowest BCUT2D eigenvalue weighted by Crippen LogP contribution is -2.55. The van der Waals surface area contributed by atoms with Crippen LogP contribution in [0.4, 0.5) is 0 Å². The number of carbonyl (C=O) groups is 1. The molecule has 1 aliphatic heterocycles. The third-order valence-corrected chi connectivity index (χ3v) is 5.07. The van der Waals surface area contributed by atoms with Gasteiger partial charge in [-0.25, -0.2) is 0 Å². The Bertz CT molecular complexity index is 294. The number of carbonyl (C=O) groups excluding carboxylic acids is 1. The zero-order valence-electron chi connectivity index (χ0n) is 12.5. The van der Waals surface area contributed by atoms with Gasteiger partial charge in [0, 0.05) is 39.3 Å². The van der Waals surface area contributed by atoms with Crippen LogP contribution in [0.2, 0.25) is 0 Å². The number of piperazine rings is 1. The molecule has 1 saturated carbocycles. The first-order valence-electron chi connectivity index (χ1n) is 7.87. The van der Waals surface area contributed by atoms with Crippen LogP contribution in [0.1, 0.15) is 39.5 Å². The van der Waals surface area contributed by atoms with Crippen molar-refractivity contribution < 1.29 is 4.79 Å². The van der Waals surface area contributed by atoms with Gasteiger partial charge in [0.25, 0.3) is 0 Å². The fraction of sp³-hybridized carbons (Fsp3) is 0.933. The summed E-state index contributed by atoms with van der Waals surface area (Å²) in [7, 11) is 0. The van der Waals surface area contributed by atoms with E-state index < -0.39 is 0 Å². The van der Waals surface area contributed by atoms with Gasteiger partial charge in [0.05, 0.1) is 5.41 Å². The van der Waals surface area contributed by atoms with Crippen LogP contribution < -0.4 is 5.73 Å². The Morgan fingerprint density at radius 3 is 2.16 bits per heavy atom. The van der Waals surface area contributed by atoms with Gasteiger partial charge in [-0.15, -0.1) is 0 Å². The highest BCUT2D eigenvalue weighted by molar-refractivity contribution is 5.83. The lowest BCUT2D eigenvalue weighted by molar-refractivity contribution is -0.144. The lowest BCUT2D eigenvalue weighted by Gasteiger charge is -2.40. The Labute approximate surface area is 117 Å². The van der Waals surface area contributed by atoms with Gasteiger partial charge in [-0.1, -0.05) is 13.8 Å². The predicted molar refractivity (Wildman–Crippen MR) is 77.8 cm³/mol. The highest BCUT2D eigenvalue weighted by Crippen LogP contribution is 2.31. The van der Waals surface area contributed by atoms with Gasteiger partial charge in [0.15, 0.2) is 0 Å². The summed E-state index contributed by atoms with van der Waals surface area (Å²) in [6.07, 6.45) is 4.50. The van der Waals surface area contributed by atoms with E-state index in [1.54, 1.807) is 0 Å². The molecule has 110 valence electrons. The van der Waals surface area contributed by atoms with Crippen LogP contribution in [-0.2, 0) is 4.79 Å². The first-order valence-corrected chi connectivity index (χ1v) is 7.87. The van der Waals surface area contributed by atoms with Crippen LogP contribution in [-0.4, -0.2) is 55.0 Å². The van der Waals surface area contributed by atoms with Crippen molar-refractivity contribution in [2.75, 3.05) is 39.3 Å². The number of nitrogens with two attached hydrogens (primary N) is 1. The number of rotatable bonds is 6. The van der Waals surface area contributed by atoms with Crippen molar-refractivity contribution >= 4 is 5.91 Å². The maximum absolute atomic E-state index is 12.7. The molecule has 0 unspecified atom stereocenters. The zero-order chi connectivity index (χ0) is 13.9. The summed E-state index contributed by atoms with van der Waals surface area (Å²) in [5.74, 6) is 1.22. The molecule has 1 amide bonds. The fourth-order valence-electron chi connectivity index (χ4n) is 3.06. The number of hydrogen-bond donors (Lipinski definition) is 1. The number of amides is 1. The Morgan fingerprint density at radius 1 is 1.16 bits per heavy atom. The molecule has 0 aromatic rings. The smallest absolute Gasteiger partial charge is 0.230 e. The van der Waals surface area contributed by atoms with Crippen LogP contribution in [0.5, 0.6) is 0 Å². The second-order valence-corrected chi connectivity index (χ2v) is 6.23. The molecular formula is C15H29N3O. The van der Waals surface area contributed by atoms with E-state index in [4.69, 9.17) is 5.73 Å². The molecule has 4 heteroatoms. The van der Waals surface area contributed by atoms with Crippen molar-refractivity contribution in [3.05, 3.63) is 0 Å². The second-order valence-electron chi connectivity index (χ2n) is 6.23. The quantitative estimate of drug-likeness (QED) is 0.789. The zero-order valence-corrected chi connectivity index (χ0v) is 12.5. The van der Waals surface area contributed by atoms with Gasteiger partial charge >= 0.3 is 0 Å². The number of nitrogens with zero attached hydrogens (tertiary/aromatic N) is 2. The SMILES string of the molecule is CCC(CC)(CN)C(=O)N1CCN(CC2CC2)CC1. The third kappa shape index (κ3) is 3.29. The van der Waals surface area contributed by atoms with Crippen molar-refractivity contribution in [1.29, 1.82) is 0 Å². The van der Waals surface area contributed by atoms with Crippen LogP contribution >= 0.6 is 0 Å². The van der Waals surface area contributed by atoms with Crippen LogP contribution in [0.15, 0.2) is 0 Å². The molecule has 0 aromatic carbocycles. The molecule has 0 bridgehead atoms. The minimum absolute atomic E-state index is 0.283. The van der Waals surface area contributed by atoms with Gasteiger partial charge in [-0.05, 0) is 31.6 Å². The third-order valence-electron chi connectivity index (χ3n) is 5.07. The average molecular weight is 267 g/mol. The van der Waals surface area contributed by atoms with Gasteiger partial charge < -0.3 is 10.6 Å². The summed E-state index contributed by atoms with van der Waals surface area (Å²) in [5.41, 5.74) is 5.56. The van der Waals surface area contributed by atoms with Crippen molar-refractivity contribution in [2.24, 2.45) is 17.1 Å². The molecule has 2 rings (SSSR count). The Morgan fingerprint density at radius 2 is 1.74 bits per heavy atom. The van der Waals surface area contributed by atoms with E-state index in [1.165, 1.54) is 19.4 Å². The monoisotopic (exact) mass is 267 g/mol. The van der Waals surface area contributed by atoms with Crippen molar-refractivity contribution in [3.63, 3.8) is 0 Å². The van der Waals surface area contributed by atoms with Gasteiger partial charge in [-0.2, -0.15) is 0 Å². The standard InChI is InChI=1S/C15H29N3O/c1-3-15(4-2,12-16)14(19)18-9-7-17(8-10-18)11-13-5-6-13/h13H,3-12,16H2,1-2H3. The van der Waals surface area contributed by atoms with Crippen molar-refractivity contribution in [2.45, 2.75) is 39.5 Å². The largest absolute Gasteiger partial charge is 0.340 e. The minimum Gasteiger partial charge on any atom is -0.340 e. The van der Waals surface area contributed by atoms with Gasteiger partial charge in [0.2, 0.25) is 5.91 Å². The summed E-state index contributed by atoms with van der Waals surface area (Å²) in [5, 5.41) is 0. The first kappa shape index (κ1) is 14.8. The van der Waals surface area contributed by atoms with Crippen LogP contribution in [0.25, 0.3) is 0 Å². The normalized spacial score (nSPS) is 21.7. The minimum atomic E-state index is -0.321. The highest BCUT2D eigenvalue weighted by Gasteiger charge is 2.38. The van der Waals surface area contributed by atoms with Crippen LogP contribution in [0, 0.1) is 11.3 Å². The Kier molecular flexibility index (Phi) is 4.85. The summed E-state index contributed by atoms with van der Waals surface area (Å²) in [6.45, 7) is 9.72.